The summed E-state index contributed by atoms with van der Waals surface area (Å²) in [6.07, 6.45) is 5.79. The smallest absolute Gasteiger partial charge is 0.225 e. The third-order valence-corrected chi connectivity index (χ3v) is 3.92. The van der Waals surface area contributed by atoms with Gasteiger partial charge in [0.1, 0.15) is 11.9 Å². The highest BCUT2D eigenvalue weighted by atomic mass is 16.2. The van der Waals surface area contributed by atoms with Crippen LogP contribution in [0.5, 0.6) is 0 Å². The molecule has 1 unspecified atom stereocenters. The minimum atomic E-state index is 0.0572. The number of rotatable bonds is 3. The van der Waals surface area contributed by atoms with Crippen molar-refractivity contribution in [2.75, 3.05) is 18.0 Å². The number of hydrogen-bond acceptors (Lipinski definition) is 4. The molecule has 3 rings (SSSR count). The normalized spacial score (nSPS) is 22.1. The quantitative estimate of drug-likeness (QED) is 0.902. The van der Waals surface area contributed by atoms with Crippen molar-refractivity contribution in [1.82, 2.24) is 10.3 Å². The van der Waals surface area contributed by atoms with Gasteiger partial charge in [-0.1, -0.05) is 0 Å². The van der Waals surface area contributed by atoms with Crippen LogP contribution in [0.4, 0.5) is 5.82 Å². The fraction of sp³-hybridized carbons (Fsp3) is 0.533. The number of nitrogens with zero attached hydrogens (tertiary/aromatic N) is 3. The Balaban J connectivity index is 1.64. The standard InChI is InChI=1S/C15H18N4O/c16-8-11-3-6-14(17-9-11)19-7-1-2-12(10-19)15(20)18-13-4-5-13/h3,6,9,12-13H,1-2,4-5,7,10H2,(H,18,20). The summed E-state index contributed by atoms with van der Waals surface area (Å²) in [5, 5.41) is 11.9. The number of carbonyl (C=O) groups is 1. The predicted molar refractivity (Wildman–Crippen MR) is 75.1 cm³/mol. The molecular weight excluding hydrogens is 252 g/mol. The second-order valence-corrected chi connectivity index (χ2v) is 5.58. The van der Waals surface area contributed by atoms with Crippen LogP contribution in [0.3, 0.4) is 0 Å². The molecule has 0 spiro atoms. The van der Waals surface area contributed by atoms with Gasteiger partial charge in [-0.05, 0) is 37.8 Å². The molecule has 1 saturated carbocycles. The van der Waals surface area contributed by atoms with Crippen LogP contribution >= 0.6 is 0 Å². The van der Waals surface area contributed by atoms with Crippen LogP contribution in [-0.2, 0) is 4.79 Å². The van der Waals surface area contributed by atoms with Gasteiger partial charge in [0.2, 0.25) is 5.91 Å². The second-order valence-electron chi connectivity index (χ2n) is 5.58. The molecular formula is C15H18N4O. The van der Waals surface area contributed by atoms with E-state index in [1.807, 2.05) is 6.07 Å². The lowest BCUT2D eigenvalue weighted by atomic mass is 9.97. The third-order valence-electron chi connectivity index (χ3n) is 3.92. The molecule has 5 heteroatoms. The van der Waals surface area contributed by atoms with Crippen LogP contribution < -0.4 is 10.2 Å². The molecule has 2 heterocycles. The van der Waals surface area contributed by atoms with Gasteiger partial charge < -0.3 is 10.2 Å². The third kappa shape index (κ3) is 2.90. The molecule has 2 fully saturated rings. The van der Waals surface area contributed by atoms with E-state index in [2.05, 4.69) is 21.3 Å². The van der Waals surface area contributed by atoms with Crippen molar-refractivity contribution in [3.8, 4) is 6.07 Å². The maximum atomic E-state index is 12.1. The first kappa shape index (κ1) is 12.9. The van der Waals surface area contributed by atoms with E-state index < -0.39 is 0 Å². The summed E-state index contributed by atoms with van der Waals surface area (Å²) in [6, 6.07) is 6.12. The summed E-state index contributed by atoms with van der Waals surface area (Å²) >= 11 is 0. The number of piperidine rings is 1. The van der Waals surface area contributed by atoms with Crippen molar-refractivity contribution in [3.63, 3.8) is 0 Å². The van der Waals surface area contributed by atoms with Crippen LogP contribution in [0.2, 0.25) is 0 Å². The first-order chi connectivity index (χ1) is 9.76. The average molecular weight is 270 g/mol. The molecule has 1 N–H and O–H groups in total. The molecule has 1 aromatic rings. The monoisotopic (exact) mass is 270 g/mol. The first-order valence-electron chi connectivity index (χ1n) is 7.18. The van der Waals surface area contributed by atoms with Crippen LogP contribution in [0.25, 0.3) is 0 Å². The Morgan fingerprint density at radius 2 is 2.25 bits per heavy atom. The Bertz CT molecular complexity index is 530. The summed E-state index contributed by atoms with van der Waals surface area (Å²) in [6.45, 7) is 1.64. The van der Waals surface area contributed by atoms with Crippen LogP contribution in [0.15, 0.2) is 18.3 Å². The molecule has 1 saturated heterocycles. The van der Waals surface area contributed by atoms with Crippen LogP contribution in [-0.4, -0.2) is 30.0 Å². The minimum absolute atomic E-state index is 0.0572. The molecule has 1 aliphatic carbocycles. The summed E-state index contributed by atoms with van der Waals surface area (Å²) in [4.78, 5) is 18.6. The Labute approximate surface area is 118 Å². The largest absolute Gasteiger partial charge is 0.356 e. The fourth-order valence-corrected chi connectivity index (χ4v) is 2.59. The first-order valence-corrected chi connectivity index (χ1v) is 7.18. The van der Waals surface area contributed by atoms with Crippen LogP contribution in [0.1, 0.15) is 31.2 Å². The SMILES string of the molecule is N#Cc1ccc(N2CCCC(C(=O)NC3CC3)C2)nc1. The van der Waals surface area contributed by atoms with Gasteiger partial charge >= 0.3 is 0 Å². The zero-order valence-electron chi connectivity index (χ0n) is 11.4. The molecule has 20 heavy (non-hydrogen) atoms. The Morgan fingerprint density at radius 1 is 1.40 bits per heavy atom. The molecule has 104 valence electrons. The lowest BCUT2D eigenvalue weighted by Crippen LogP contribution is -2.43. The van der Waals surface area contributed by atoms with Gasteiger partial charge in [-0.15, -0.1) is 0 Å². The van der Waals surface area contributed by atoms with Crippen molar-refractivity contribution in [1.29, 1.82) is 5.26 Å². The van der Waals surface area contributed by atoms with E-state index in [1.54, 1.807) is 12.3 Å². The van der Waals surface area contributed by atoms with E-state index in [0.29, 0.717) is 11.6 Å². The van der Waals surface area contributed by atoms with Gasteiger partial charge in [-0.25, -0.2) is 4.98 Å². The van der Waals surface area contributed by atoms with Gasteiger partial charge in [-0.3, -0.25) is 4.79 Å². The zero-order chi connectivity index (χ0) is 13.9. The van der Waals surface area contributed by atoms with Crippen molar-refractivity contribution in [2.24, 2.45) is 5.92 Å². The highest BCUT2D eigenvalue weighted by Crippen LogP contribution is 2.24. The molecule has 1 aliphatic heterocycles. The number of aromatic nitrogens is 1. The summed E-state index contributed by atoms with van der Waals surface area (Å²) in [5.41, 5.74) is 0.564. The van der Waals surface area contributed by atoms with Crippen LogP contribution in [0, 0.1) is 17.2 Å². The molecule has 1 atom stereocenters. The van der Waals surface area contributed by atoms with Crippen molar-refractivity contribution < 1.29 is 4.79 Å². The Hall–Kier alpha value is -2.09. The fourth-order valence-electron chi connectivity index (χ4n) is 2.59. The highest BCUT2D eigenvalue weighted by Gasteiger charge is 2.30. The molecule has 0 aromatic carbocycles. The predicted octanol–water partition coefficient (Wildman–Crippen LogP) is 1.45. The molecule has 0 bridgehead atoms. The number of anilines is 1. The number of hydrogen-bond donors (Lipinski definition) is 1. The summed E-state index contributed by atoms with van der Waals surface area (Å²) < 4.78 is 0. The van der Waals surface area contributed by atoms with E-state index in [1.165, 1.54) is 0 Å². The van der Waals surface area contributed by atoms with Gasteiger partial charge in [0.05, 0.1) is 11.5 Å². The number of amides is 1. The minimum Gasteiger partial charge on any atom is -0.356 e. The molecule has 1 aromatic heterocycles. The van der Waals surface area contributed by atoms with E-state index >= 15 is 0 Å². The Kier molecular flexibility index (Phi) is 3.55. The lowest BCUT2D eigenvalue weighted by molar-refractivity contribution is -0.125. The maximum absolute atomic E-state index is 12.1. The maximum Gasteiger partial charge on any atom is 0.225 e. The highest BCUT2D eigenvalue weighted by molar-refractivity contribution is 5.80. The average Bonchev–Trinajstić information content (AvgIpc) is 3.31. The number of nitrogens with one attached hydrogen (secondary N) is 1. The van der Waals surface area contributed by atoms with Gasteiger partial charge in [0.15, 0.2) is 0 Å². The van der Waals surface area contributed by atoms with Crippen molar-refractivity contribution in [2.45, 2.75) is 31.7 Å². The van der Waals surface area contributed by atoms with E-state index in [0.717, 1.165) is 44.6 Å². The number of pyridine rings is 1. The van der Waals surface area contributed by atoms with E-state index in [9.17, 15) is 4.79 Å². The summed E-state index contributed by atoms with van der Waals surface area (Å²) in [5.74, 6) is 1.10. The second kappa shape index (κ2) is 5.49. The topological polar surface area (TPSA) is 69.0 Å². The lowest BCUT2D eigenvalue weighted by Gasteiger charge is -2.32. The molecule has 5 nitrogen and oxygen atoms in total. The van der Waals surface area contributed by atoms with Crippen molar-refractivity contribution >= 4 is 11.7 Å². The summed E-state index contributed by atoms with van der Waals surface area (Å²) in [7, 11) is 0. The van der Waals surface area contributed by atoms with E-state index in [-0.39, 0.29) is 11.8 Å². The Morgan fingerprint density at radius 3 is 2.90 bits per heavy atom. The van der Waals surface area contributed by atoms with Gasteiger partial charge in [0, 0.05) is 25.3 Å². The van der Waals surface area contributed by atoms with Gasteiger partial charge in [-0.2, -0.15) is 5.26 Å². The molecule has 0 radical (unpaired) electrons. The zero-order valence-corrected chi connectivity index (χ0v) is 11.4. The van der Waals surface area contributed by atoms with Crippen molar-refractivity contribution in [3.05, 3.63) is 23.9 Å². The van der Waals surface area contributed by atoms with E-state index in [4.69, 9.17) is 5.26 Å². The molecule has 2 aliphatic rings. The number of carbonyl (C=O) groups excluding carboxylic acids is 1. The molecule has 1 amide bonds. The number of nitriles is 1. The van der Waals surface area contributed by atoms with Gasteiger partial charge in [0.25, 0.3) is 0 Å².